The summed E-state index contributed by atoms with van der Waals surface area (Å²) >= 11 is 6.39. The summed E-state index contributed by atoms with van der Waals surface area (Å²) in [4.78, 5) is 53.8. The van der Waals surface area contributed by atoms with E-state index in [0.29, 0.717) is 16.3 Å². The fraction of sp³-hybridized carbons (Fsp3) is 0.400. The lowest BCUT2D eigenvalue weighted by atomic mass is 9.98. The number of alkyl carbamates (subject to hydrolysis) is 1. The minimum Gasteiger partial charge on any atom is -0.444 e. The van der Waals surface area contributed by atoms with Crippen LogP contribution in [0, 0.1) is 6.92 Å². The van der Waals surface area contributed by atoms with Crippen molar-refractivity contribution in [2.24, 2.45) is 5.73 Å². The van der Waals surface area contributed by atoms with Crippen LogP contribution in [-0.2, 0) is 19.1 Å². The number of amides is 4. The molecule has 0 aliphatic heterocycles. The number of halogens is 1. The first-order chi connectivity index (χ1) is 18.6. The number of carbonyl (C=O) groups is 4. The van der Waals surface area contributed by atoms with E-state index < -0.39 is 47.5 Å². The average molecular weight is 571 g/mol. The lowest BCUT2D eigenvalue weighted by Crippen LogP contribution is -2.54. The number of hydrogen-bond acceptors (Lipinski definition) is 5. The molecule has 0 bridgehead atoms. The van der Waals surface area contributed by atoms with Crippen LogP contribution in [0.25, 0.3) is 6.08 Å². The van der Waals surface area contributed by atoms with Crippen LogP contribution in [0.5, 0.6) is 0 Å². The lowest BCUT2D eigenvalue weighted by Gasteiger charge is -2.37. The Bertz CT molecular complexity index is 1230. The second-order valence-corrected chi connectivity index (χ2v) is 11.1. The molecule has 40 heavy (non-hydrogen) atoms. The number of anilines is 1. The van der Waals surface area contributed by atoms with Gasteiger partial charge in [0.25, 0.3) is 5.91 Å². The molecule has 0 aliphatic rings. The maximum absolute atomic E-state index is 14.1. The van der Waals surface area contributed by atoms with E-state index in [1.54, 1.807) is 71.0 Å². The molecule has 9 nitrogen and oxygen atoms in total. The number of para-hydroxylation sites is 1. The summed E-state index contributed by atoms with van der Waals surface area (Å²) in [5, 5.41) is 5.81. The van der Waals surface area contributed by atoms with Gasteiger partial charge in [0.05, 0.1) is 10.7 Å². The summed E-state index contributed by atoms with van der Waals surface area (Å²) in [6.45, 7) is 14.2. The predicted molar refractivity (Wildman–Crippen MR) is 158 cm³/mol. The lowest BCUT2D eigenvalue weighted by molar-refractivity contribution is -0.143. The van der Waals surface area contributed by atoms with Crippen molar-refractivity contribution in [2.75, 3.05) is 5.32 Å². The molecule has 2 unspecified atom stereocenters. The second-order valence-electron chi connectivity index (χ2n) is 10.7. The van der Waals surface area contributed by atoms with Gasteiger partial charge in [0.1, 0.15) is 17.7 Å². The van der Waals surface area contributed by atoms with Gasteiger partial charge in [-0.15, -0.1) is 0 Å². The van der Waals surface area contributed by atoms with Gasteiger partial charge in [0.15, 0.2) is 0 Å². The van der Waals surface area contributed by atoms with E-state index in [-0.39, 0.29) is 12.8 Å². The minimum atomic E-state index is -1.19. The van der Waals surface area contributed by atoms with Crippen LogP contribution >= 0.6 is 11.6 Å². The van der Waals surface area contributed by atoms with Gasteiger partial charge in [-0.25, -0.2) is 4.79 Å². The number of rotatable bonds is 11. The maximum Gasteiger partial charge on any atom is 0.408 e. The predicted octanol–water partition coefficient (Wildman–Crippen LogP) is 5.37. The first-order valence-electron chi connectivity index (χ1n) is 13.0. The summed E-state index contributed by atoms with van der Waals surface area (Å²) in [6, 6.07) is 9.51. The van der Waals surface area contributed by atoms with Crippen molar-refractivity contribution in [2.45, 2.75) is 78.1 Å². The Kier molecular flexibility index (Phi) is 11.3. The molecule has 4 amide bonds. The van der Waals surface area contributed by atoms with Gasteiger partial charge in [-0.3, -0.25) is 14.4 Å². The van der Waals surface area contributed by atoms with Gasteiger partial charge >= 0.3 is 6.09 Å². The van der Waals surface area contributed by atoms with E-state index >= 15 is 0 Å². The largest absolute Gasteiger partial charge is 0.444 e. The van der Waals surface area contributed by atoms with E-state index in [0.717, 1.165) is 11.1 Å². The minimum absolute atomic E-state index is 0.0821. The summed E-state index contributed by atoms with van der Waals surface area (Å²) in [5.74, 6) is -1.73. The third kappa shape index (κ3) is 9.12. The summed E-state index contributed by atoms with van der Waals surface area (Å²) < 4.78 is 5.35. The quantitative estimate of drug-likeness (QED) is 0.334. The number of primary amides is 1. The number of nitrogens with one attached hydrogen (secondary N) is 2. The van der Waals surface area contributed by atoms with Crippen LogP contribution in [-0.4, -0.2) is 46.4 Å². The summed E-state index contributed by atoms with van der Waals surface area (Å²) in [6.07, 6.45) is 0.555. The van der Waals surface area contributed by atoms with E-state index in [1.807, 2.05) is 19.1 Å². The first-order valence-corrected chi connectivity index (χ1v) is 13.4. The molecule has 2 atom stereocenters. The van der Waals surface area contributed by atoms with Gasteiger partial charge in [0.2, 0.25) is 11.8 Å². The normalized spacial score (nSPS) is 12.7. The van der Waals surface area contributed by atoms with Gasteiger partial charge < -0.3 is 26.0 Å². The average Bonchev–Trinajstić information content (AvgIpc) is 2.85. The van der Waals surface area contributed by atoms with E-state index in [4.69, 9.17) is 22.1 Å². The number of hydrogen-bond donors (Lipinski definition) is 3. The highest BCUT2D eigenvalue weighted by atomic mass is 35.5. The van der Waals surface area contributed by atoms with Crippen LogP contribution in [0.1, 0.15) is 70.2 Å². The molecule has 2 rings (SSSR count). The van der Waals surface area contributed by atoms with E-state index in [1.165, 1.54) is 4.90 Å². The standard InChI is InChI=1S/C30H39ClN4O5/c1-8-20-12-10-13-21(17-20)26(27(37)34-25-19(4)11-9-14-22(25)31)35(18(2)3)28(38)23(15-16-24(32)36)33-29(39)40-30(5,6)7/h8-14,17-18,23,26H,1,15-16H2,2-7H3,(H2,32,36)(H,33,39)(H,34,37). The Hall–Kier alpha value is -3.85. The molecule has 4 N–H and O–H groups in total. The van der Waals surface area contributed by atoms with Crippen LogP contribution in [0.2, 0.25) is 5.02 Å². The molecule has 0 saturated heterocycles. The Morgan fingerprint density at radius 3 is 2.33 bits per heavy atom. The summed E-state index contributed by atoms with van der Waals surface area (Å²) in [5.41, 5.74) is 6.98. The molecule has 2 aromatic rings. The van der Waals surface area contributed by atoms with Gasteiger partial charge in [-0.2, -0.15) is 0 Å². The Balaban J connectivity index is 2.60. The first kappa shape index (κ1) is 32.4. The van der Waals surface area contributed by atoms with Crippen LogP contribution in [0.4, 0.5) is 10.5 Å². The molecule has 0 heterocycles. The zero-order valence-corrected chi connectivity index (χ0v) is 24.7. The van der Waals surface area contributed by atoms with E-state index in [9.17, 15) is 19.2 Å². The number of carbonyl (C=O) groups excluding carboxylic acids is 4. The maximum atomic E-state index is 14.1. The molecule has 0 saturated carbocycles. The molecule has 10 heteroatoms. The number of aryl methyl sites for hydroxylation is 1. The van der Waals surface area contributed by atoms with Crippen molar-refractivity contribution < 1.29 is 23.9 Å². The Morgan fingerprint density at radius 1 is 1.12 bits per heavy atom. The van der Waals surface area contributed by atoms with Crippen LogP contribution in [0.15, 0.2) is 49.0 Å². The zero-order chi connectivity index (χ0) is 30.2. The van der Waals surface area contributed by atoms with Crippen molar-refractivity contribution in [3.8, 4) is 0 Å². The molecule has 0 aliphatic carbocycles. The zero-order valence-electron chi connectivity index (χ0n) is 23.9. The number of benzene rings is 2. The van der Waals surface area contributed by atoms with Gasteiger partial charge in [-0.1, -0.05) is 54.6 Å². The van der Waals surface area contributed by atoms with Gasteiger partial charge in [0, 0.05) is 12.5 Å². The van der Waals surface area contributed by atoms with Crippen molar-refractivity contribution in [1.82, 2.24) is 10.2 Å². The third-order valence-corrected chi connectivity index (χ3v) is 6.25. The fourth-order valence-corrected chi connectivity index (χ4v) is 4.40. The number of ether oxygens (including phenoxy) is 1. The SMILES string of the molecule is C=Cc1cccc(C(C(=O)Nc2c(C)cccc2Cl)N(C(=O)C(CCC(N)=O)NC(=O)OC(C)(C)C)C(C)C)c1. The van der Waals surface area contributed by atoms with Crippen LogP contribution in [0.3, 0.4) is 0 Å². The van der Waals surface area contributed by atoms with Crippen molar-refractivity contribution in [3.63, 3.8) is 0 Å². The Morgan fingerprint density at radius 2 is 1.77 bits per heavy atom. The highest BCUT2D eigenvalue weighted by molar-refractivity contribution is 6.34. The van der Waals surface area contributed by atoms with Crippen molar-refractivity contribution in [3.05, 3.63) is 70.8 Å². The molecule has 216 valence electrons. The Labute approximate surface area is 241 Å². The number of nitrogens with zero attached hydrogens (tertiary/aromatic N) is 1. The number of nitrogens with two attached hydrogens (primary N) is 1. The topological polar surface area (TPSA) is 131 Å². The molecular weight excluding hydrogens is 532 g/mol. The fourth-order valence-electron chi connectivity index (χ4n) is 4.13. The van der Waals surface area contributed by atoms with Gasteiger partial charge in [-0.05, 0) is 76.8 Å². The second kappa shape index (κ2) is 14.0. The van der Waals surface area contributed by atoms with E-state index in [2.05, 4.69) is 17.2 Å². The molecule has 2 aromatic carbocycles. The molecule has 0 aromatic heterocycles. The highest BCUT2D eigenvalue weighted by Gasteiger charge is 2.38. The monoisotopic (exact) mass is 570 g/mol. The molecule has 0 radical (unpaired) electrons. The molecular formula is C30H39ClN4O5. The van der Waals surface area contributed by atoms with Crippen LogP contribution < -0.4 is 16.4 Å². The van der Waals surface area contributed by atoms with Crippen molar-refractivity contribution >= 4 is 47.2 Å². The third-order valence-electron chi connectivity index (χ3n) is 5.94. The summed E-state index contributed by atoms with van der Waals surface area (Å²) in [7, 11) is 0. The smallest absolute Gasteiger partial charge is 0.408 e. The molecule has 0 fully saturated rings. The highest BCUT2D eigenvalue weighted by Crippen LogP contribution is 2.31. The molecule has 0 spiro atoms. The van der Waals surface area contributed by atoms with Crippen molar-refractivity contribution in [1.29, 1.82) is 0 Å².